The number of benzene rings is 2. The summed E-state index contributed by atoms with van der Waals surface area (Å²) >= 11 is 0. The smallest absolute Gasteiger partial charge is 0.346 e. The summed E-state index contributed by atoms with van der Waals surface area (Å²) in [5.41, 5.74) is 2.55. The van der Waals surface area contributed by atoms with E-state index in [0.29, 0.717) is 11.5 Å². The number of carbonyl (C=O) groups is 2. The van der Waals surface area contributed by atoms with E-state index in [1.54, 1.807) is 18.2 Å². The van der Waals surface area contributed by atoms with E-state index in [-0.39, 0.29) is 24.1 Å². The van der Waals surface area contributed by atoms with Crippen LogP contribution < -0.4 is 14.8 Å². The Morgan fingerprint density at radius 1 is 1.04 bits per heavy atom. The van der Waals surface area contributed by atoms with Gasteiger partial charge in [-0.3, -0.25) is 4.79 Å². The van der Waals surface area contributed by atoms with Crippen molar-refractivity contribution in [1.82, 2.24) is 5.32 Å². The summed E-state index contributed by atoms with van der Waals surface area (Å²) in [6.07, 6.45) is 2.91. The molecule has 0 aliphatic heterocycles. The summed E-state index contributed by atoms with van der Waals surface area (Å²) in [6, 6.07) is 13.0. The number of carbonyl (C=O) groups excluding carboxylic acids is 2. The van der Waals surface area contributed by atoms with Gasteiger partial charge < -0.3 is 19.5 Å². The van der Waals surface area contributed by atoms with Gasteiger partial charge in [0, 0.05) is 0 Å². The fourth-order valence-electron chi connectivity index (χ4n) is 3.40. The molecule has 6 nitrogen and oxygen atoms in total. The lowest BCUT2D eigenvalue weighted by Crippen LogP contribution is -2.34. The maximum Gasteiger partial charge on any atom is 0.346 e. The highest BCUT2D eigenvalue weighted by molar-refractivity contribution is 5.96. The summed E-state index contributed by atoms with van der Waals surface area (Å²) < 4.78 is 15.6. The first-order valence-corrected chi connectivity index (χ1v) is 8.89. The van der Waals surface area contributed by atoms with Gasteiger partial charge in [0.1, 0.15) is 17.1 Å². The molecule has 142 valence electrons. The fourth-order valence-corrected chi connectivity index (χ4v) is 3.40. The van der Waals surface area contributed by atoms with E-state index in [2.05, 4.69) is 11.4 Å². The van der Waals surface area contributed by atoms with Crippen LogP contribution >= 0.6 is 0 Å². The SMILES string of the molecule is COc1cccc(OC)c1C(=O)OCC(=O)NC1CCCc2ccccc21. The molecule has 1 unspecified atom stereocenters. The van der Waals surface area contributed by atoms with Gasteiger partial charge in [0.25, 0.3) is 5.91 Å². The number of amides is 1. The van der Waals surface area contributed by atoms with Crippen molar-refractivity contribution in [1.29, 1.82) is 0 Å². The summed E-state index contributed by atoms with van der Waals surface area (Å²) in [5, 5.41) is 2.96. The molecular weight excluding hydrogens is 346 g/mol. The minimum atomic E-state index is -0.663. The van der Waals surface area contributed by atoms with E-state index in [4.69, 9.17) is 14.2 Å². The minimum absolute atomic E-state index is 0.0538. The summed E-state index contributed by atoms with van der Waals surface area (Å²) in [7, 11) is 2.91. The number of hydrogen-bond acceptors (Lipinski definition) is 5. The van der Waals surface area contributed by atoms with Gasteiger partial charge in [-0.15, -0.1) is 0 Å². The molecule has 1 aliphatic carbocycles. The number of nitrogens with one attached hydrogen (secondary N) is 1. The molecule has 0 saturated carbocycles. The standard InChI is InChI=1S/C21H23NO5/c1-25-17-11-6-12-18(26-2)20(17)21(24)27-13-19(23)22-16-10-5-8-14-7-3-4-9-15(14)16/h3-4,6-7,9,11-12,16H,5,8,10,13H2,1-2H3,(H,22,23). The van der Waals surface area contributed by atoms with Crippen LogP contribution in [0.5, 0.6) is 11.5 Å². The third-order valence-electron chi connectivity index (χ3n) is 4.67. The first kappa shape index (κ1) is 18.8. The normalized spacial score (nSPS) is 15.4. The van der Waals surface area contributed by atoms with Crippen LogP contribution in [-0.4, -0.2) is 32.7 Å². The van der Waals surface area contributed by atoms with Crippen LogP contribution in [0.25, 0.3) is 0 Å². The topological polar surface area (TPSA) is 73.9 Å². The first-order valence-electron chi connectivity index (χ1n) is 8.89. The number of methoxy groups -OCH3 is 2. The Hall–Kier alpha value is -3.02. The molecule has 0 spiro atoms. The van der Waals surface area contributed by atoms with Gasteiger partial charge >= 0.3 is 5.97 Å². The molecule has 1 N–H and O–H groups in total. The number of ether oxygens (including phenoxy) is 3. The number of fused-ring (bicyclic) bond motifs is 1. The second kappa shape index (κ2) is 8.58. The van der Waals surface area contributed by atoms with Crippen LogP contribution in [0.3, 0.4) is 0 Å². The Balaban J connectivity index is 1.63. The van der Waals surface area contributed by atoms with Crippen molar-refractivity contribution < 1.29 is 23.8 Å². The van der Waals surface area contributed by atoms with Gasteiger partial charge in [0.2, 0.25) is 0 Å². The predicted molar refractivity (Wildman–Crippen MR) is 100 cm³/mol. The third-order valence-corrected chi connectivity index (χ3v) is 4.67. The Labute approximate surface area is 158 Å². The van der Waals surface area contributed by atoms with E-state index in [9.17, 15) is 9.59 Å². The molecule has 0 saturated heterocycles. The highest BCUT2D eigenvalue weighted by atomic mass is 16.5. The molecule has 6 heteroatoms. The molecule has 0 aromatic heterocycles. The quantitative estimate of drug-likeness (QED) is 0.792. The average molecular weight is 369 g/mol. The van der Waals surface area contributed by atoms with Crippen LogP contribution in [0.1, 0.15) is 40.4 Å². The predicted octanol–water partition coefficient (Wildman–Crippen LogP) is 3.05. The molecule has 0 radical (unpaired) electrons. The Bertz CT molecular complexity index is 811. The van der Waals surface area contributed by atoms with E-state index < -0.39 is 5.97 Å². The Morgan fingerprint density at radius 2 is 1.74 bits per heavy atom. The monoisotopic (exact) mass is 369 g/mol. The van der Waals surface area contributed by atoms with Crippen molar-refractivity contribution in [2.75, 3.05) is 20.8 Å². The van der Waals surface area contributed by atoms with Crippen molar-refractivity contribution >= 4 is 11.9 Å². The van der Waals surface area contributed by atoms with Crippen molar-refractivity contribution in [2.45, 2.75) is 25.3 Å². The highest BCUT2D eigenvalue weighted by Crippen LogP contribution is 2.30. The van der Waals surface area contributed by atoms with Crippen molar-refractivity contribution in [3.8, 4) is 11.5 Å². The maximum atomic E-state index is 12.4. The van der Waals surface area contributed by atoms with E-state index >= 15 is 0 Å². The first-order chi connectivity index (χ1) is 13.1. The van der Waals surface area contributed by atoms with Gasteiger partial charge in [-0.05, 0) is 42.5 Å². The summed E-state index contributed by atoms with van der Waals surface area (Å²) in [4.78, 5) is 24.8. The molecule has 2 aromatic carbocycles. The van der Waals surface area contributed by atoms with Gasteiger partial charge in [-0.25, -0.2) is 4.79 Å². The van der Waals surface area contributed by atoms with Gasteiger partial charge in [-0.2, -0.15) is 0 Å². The maximum absolute atomic E-state index is 12.4. The molecule has 0 bridgehead atoms. The second-order valence-electron chi connectivity index (χ2n) is 6.32. The zero-order chi connectivity index (χ0) is 19.2. The van der Waals surface area contributed by atoms with E-state index in [1.807, 2.05) is 18.2 Å². The van der Waals surface area contributed by atoms with Crippen LogP contribution in [0.15, 0.2) is 42.5 Å². The van der Waals surface area contributed by atoms with E-state index in [1.165, 1.54) is 19.8 Å². The van der Waals surface area contributed by atoms with Crippen molar-refractivity contribution in [2.24, 2.45) is 0 Å². The van der Waals surface area contributed by atoms with Crippen LogP contribution in [0, 0.1) is 0 Å². The third kappa shape index (κ3) is 4.22. The van der Waals surface area contributed by atoms with Crippen molar-refractivity contribution in [3.05, 3.63) is 59.2 Å². The number of aryl methyl sites for hydroxylation is 1. The Morgan fingerprint density at radius 3 is 2.44 bits per heavy atom. The average Bonchev–Trinajstić information content (AvgIpc) is 2.71. The number of esters is 1. The molecule has 3 rings (SSSR count). The van der Waals surface area contributed by atoms with Crippen LogP contribution in [0.2, 0.25) is 0 Å². The lowest BCUT2D eigenvalue weighted by molar-refractivity contribution is -0.125. The highest BCUT2D eigenvalue weighted by Gasteiger charge is 2.23. The van der Waals surface area contributed by atoms with Gasteiger partial charge in [-0.1, -0.05) is 30.3 Å². The lowest BCUT2D eigenvalue weighted by atomic mass is 9.88. The summed E-state index contributed by atoms with van der Waals surface area (Å²) in [5.74, 6) is -0.329. The zero-order valence-corrected chi connectivity index (χ0v) is 15.5. The molecule has 0 fully saturated rings. The zero-order valence-electron chi connectivity index (χ0n) is 15.5. The largest absolute Gasteiger partial charge is 0.496 e. The fraction of sp³-hybridized carbons (Fsp3) is 0.333. The van der Waals surface area contributed by atoms with Gasteiger partial charge in [0.15, 0.2) is 6.61 Å². The Kier molecular flexibility index (Phi) is 5.96. The van der Waals surface area contributed by atoms with Crippen LogP contribution in [-0.2, 0) is 16.0 Å². The molecule has 0 heterocycles. The minimum Gasteiger partial charge on any atom is -0.496 e. The van der Waals surface area contributed by atoms with Crippen LogP contribution in [0.4, 0.5) is 0 Å². The number of rotatable bonds is 6. The molecule has 2 aromatic rings. The number of hydrogen-bond donors (Lipinski definition) is 1. The lowest BCUT2D eigenvalue weighted by Gasteiger charge is -2.26. The second-order valence-corrected chi connectivity index (χ2v) is 6.32. The molecule has 27 heavy (non-hydrogen) atoms. The van der Waals surface area contributed by atoms with Crippen molar-refractivity contribution in [3.63, 3.8) is 0 Å². The molecule has 1 aliphatic rings. The van der Waals surface area contributed by atoms with E-state index in [0.717, 1.165) is 24.8 Å². The van der Waals surface area contributed by atoms with Gasteiger partial charge in [0.05, 0.1) is 20.3 Å². The molecular formula is C21H23NO5. The summed E-state index contributed by atoms with van der Waals surface area (Å²) in [6.45, 7) is -0.362. The molecule has 1 atom stereocenters. The molecule has 1 amide bonds.